The molecule has 7 heteroatoms. The molecule has 0 amide bonds. The van der Waals surface area contributed by atoms with E-state index in [9.17, 15) is 4.79 Å². The number of aromatic nitrogens is 2. The minimum Gasteiger partial charge on any atom is -0.365 e. The molecule has 2 heterocycles. The van der Waals surface area contributed by atoms with E-state index in [0.717, 1.165) is 31.6 Å². The summed E-state index contributed by atoms with van der Waals surface area (Å²) in [7, 11) is 3.92. The van der Waals surface area contributed by atoms with Crippen molar-refractivity contribution in [2.24, 2.45) is 5.73 Å². The molecule has 2 rings (SSSR count). The second-order valence-electron chi connectivity index (χ2n) is 5.75. The highest BCUT2D eigenvalue weighted by atomic mass is 35.5. The fourth-order valence-electron chi connectivity index (χ4n) is 2.67. The molecule has 0 aliphatic carbocycles. The summed E-state index contributed by atoms with van der Waals surface area (Å²) in [6.45, 7) is 2.73. The maximum atomic E-state index is 12.3. The van der Waals surface area contributed by atoms with Crippen LogP contribution < -0.4 is 16.2 Å². The third kappa shape index (κ3) is 3.75. The molecule has 1 fully saturated rings. The molecule has 118 valence electrons. The highest BCUT2D eigenvalue weighted by Crippen LogP contribution is 2.27. The van der Waals surface area contributed by atoms with Crippen LogP contribution in [0.2, 0.25) is 5.02 Å². The zero-order valence-electron chi connectivity index (χ0n) is 12.8. The van der Waals surface area contributed by atoms with Gasteiger partial charge >= 0.3 is 0 Å². The topological polar surface area (TPSA) is 67.4 Å². The first kappa shape index (κ1) is 16.3. The predicted molar refractivity (Wildman–Crippen MR) is 86.1 cm³/mol. The van der Waals surface area contributed by atoms with Gasteiger partial charge < -0.3 is 15.5 Å². The molecule has 1 atom stereocenters. The van der Waals surface area contributed by atoms with Gasteiger partial charge in [0.05, 0.1) is 18.4 Å². The Bertz CT molecular complexity index is 531. The highest BCUT2D eigenvalue weighted by molar-refractivity contribution is 6.33. The molecule has 0 radical (unpaired) electrons. The number of anilines is 1. The van der Waals surface area contributed by atoms with Crippen LogP contribution in [0.15, 0.2) is 11.0 Å². The zero-order valence-corrected chi connectivity index (χ0v) is 13.5. The Morgan fingerprint density at radius 2 is 2.24 bits per heavy atom. The molecule has 1 aromatic heterocycles. The van der Waals surface area contributed by atoms with E-state index < -0.39 is 0 Å². The lowest BCUT2D eigenvalue weighted by Gasteiger charge is -2.37. The van der Waals surface area contributed by atoms with E-state index in [-0.39, 0.29) is 16.6 Å². The number of likely N-dealkylation sites (N-methyl/N-ethyl adjacent to an activating group) is 1. The van der Waals surface area contributed by atoms with Crippen LogP contribution in [0.3, 0.4) is 0 Å². The first-order valence-electron chi connectivity index (χ1n) is 7.41. The second-order valence-corrected chi connectivity index (χ2v) is 6.13. The van der Waals surface area contributed by atoms with Crippen molar-refractivity contribution < 1.29 is 0 Å². The largest absolute Gasteiger partial charge is 0.365 e. The van der Waals surface area contributed by atoms with Crippen LogP contribution >= 0.6 is 11.6 Å². The number of hydrogen-bond donors (Lipinski definition) is 1. The molecule has 1 aliphatic heterocycles. The van der Waals surface area contributed by atoms with E-state index in [2.05, 4.69) is 10.00 Å². The Hall–Kier alpha value is -1.11. The van der Waals surface area contributed by atoms with Crippen LogP contribution in [0, 0.1) is 0 Å². The second kappa shape index (κ2) is 7.24. The van der Waals surface area contributed by atoms with Crippen LogP contribution in [-0.4, -0.2) is 54.5 Å². The van der Waals surface area contributed by atoms with Crippen LogP contribution in [0.4, 0.5) is 5.69 Å². The van der Waals surface area contributed by atoms with E-state index in [1.165, 1.54) is 11.1 Å². The molecule has 6 nitrogen and oxygen atoms in total. The van der Waals surface area contributed by atoms with Crippen molar-refractivity contribution in [2.45, 2.75) is 31.8 Å². The first-order chi connectivity index (χ1) is 10.0. The van der Waals surface area contributed by atoms with Crippen molar-refractivity contribution >= 4 is 17.3 Å². The standard InChI is InChI=1S/C14H24ClN5O/c1-18(2)7-8-20-14(21)13(15)12(10-17-20)19-6-4-3-5-11(19)9-16/h10-11H,3-9,16H2,1-2H3. The Balaban J connectivity index is 2.25. The van der Waals surface area contributed by atoms with Crippen molar-refractivity contribution in [1.29, 1.82) is 0 Å². The average molecular weight is 314 g/mol. The minimum absolute atomic E-state index is 0.225. The Morgan fingerprint density at radius 3 is 2.90 bits per heavy atom. The number of rotatable bonds is 5. The van der Waals surface area contributed by atoms with E-state index in [4.69, 9.17) is 17.3 Å². The van der Waals surface area contributed by atoms with Crippen molar-refractivity contribution in [3.8, 4) is 0 Å². The lowest BCUT2D eigenvalue weighted by Crippen LogP contribution is -2.45. The van der Waals surface area contributed by atoms with Gasteiger partial charge in [0.15, 0.2) is 0 Å². The summed E-state index contributed by atoms with van der Waals surface area (Å²) >= 11 is 6.30. The Kier molecular flexibility index (Phi) is 5.61. The van der Waals surface area contributed by atoms with Gasteiger partial charge in [-0.25, -0.2) is 4.68 Å². The molecular formula is C14H24ClN5O. The number of nitrogens with zero attached hydrogens (tertiary/aromatic N) is 4. The van der Waals surface area contributed by atoms with Crippen molar-refractivity contribution in [3.05, 3.63) is 21.6 Å². The van der Waals surface area contributed by atoms with Gasteiger partial charge in [-0.15, -0.1) is 0 Å². The fraction of sp³-hybridized carbons (Fsp3) is 0.714. The summed E-state index contributed by atoms with van der Waals surface area (Å²) in [5, 5.41) is 4.52. The Morgan fingerprint density at radius 1 is 1.48 bits per heavy atom. The summed E-state index contributed by atoms with van der Waals surface area (Å²) in [5.74, 6) is 0. The van der Waals surface area contributed by atoms with E-state index >= 15 is 0 Å². The highest BCUT2D eigenvalue weighted by Gasteiger charge is 2.24. The maximum Gasteiger partial charge on any atom is 0.287 e. The quantitative estimate of drug-likeness (QED) is 0.870. The van der Waals surface area contributed by atoms with Crippen LogP contribution in [0.25, 0.3) is 0 Å². The number of hydrogen-bond acceptors (Lipinski definition) is 5. The fourth-order valence-corrected chi connectivity index (χ4v) is 2.93. The first-order valence-corrected chi connectivity index (χ1v) is 7.79. The van der Waals surface area contributed by atoms with Gasteiger partial charge in [0.25, 0.3) is 5.56 Å². The minimum atomic E-state index is -0.225. The van der Waals surface area contributed by atoms with E-state index in [1.807, 2.05) is 19.0 Å². The van der Waals surface area contributed by atoms with Gasteiger partial charge in [-0.2, -0.15) is 5.10 Å². The molecule has 1 aliphatic rings. The number of nitrogens with two attached hydrogens (primary N) is 1. The Labute approximate surface area is 130 Å². The molecule has 1 unspecified atom stereocenters. The van der Waals surface area contributed by atoms with Crippen LogP contribution in [0.1, 0.15) is 19.3 Å². The molecule has 0 spiro atoms. The normalized spacial score (nSPS) is 19.3. The SMILES string of the molecule is CN(C)CCn1ncc(N2CCCCC2CN)c(Cl)c1=O. The zero-order chi connectivity index (χ0) is 15.4. The smallest absolute Gasteiger partial charge is 0.287 e. The van der Waals surface area contributed by atoms with Gasteiger partial charge in [-0.3, -0.25) is 4.79 Å². The molecule has 0 bridgehead atoms. The van der Waals surface area contributed by atoms with Crippen molar-refractivity contribution in [3.63, 3.8) is 0 Å². The van der Waals surface area contributed by atoms with Crippen molar-refractivity contribution in [2.75, 3.05) is 38.6 Å². The molecule has 0 saturated carbocycles. The molecule has 0 aromatic carbocycles. The van der Waals surface area contributed by atoms with Gasteiger partial charge in [0, 0.05) is 25.7 Å². The summed E-state index contributed by atoms with van der Waals surface area (Å²) < 4.78 is 1.42. The van der Waals surface area contributed by atoms with E-state index in [0.29, 0.717) is 13.1 Å². The molecular weight excluding hydrogens is 290 g/mol. The number of halogens is 1. The third-order valence-corrected chi connectivity index (χ3v) is 4.29. The van der Waals surface area contributed by atoms with E-state index in [1.54, 1.807) is 6.20 Å². The molecule has 1 saturated heterocycles. The summed E-state index contributed by atoms with van der Waals surface area (Å²) in [6.07, 6.45) is 5.00. The number of piperidine rings is 1. The third-order valence-electron chi connectivity index (χ3n) is 3.93. The van der Waals surface area contributed by atoms with Crippen molar-refractivity contribution in [1.82, 2.24) is 14.7 Å². The summed E-state index contributed by atoms with van der Waals surface area (Å²) in [4.78, 5) is 16.5. The van der Waals surface area contributed by atoms with Gasteiger partial charge in [-0.1, -0.05) is 11.6 Å². The van der Waals surface area contributed by atoms with Gasteiger partial charge in [0.1, 0.15) is 5.02 Å². The van der Waals surface area contributed by atoms with Crippen LogP contribution in [-0.2, 0) is 6.54 Å². The summed E-state index contributed by atoms with van der Waals surface area (Å²) in [6, 6.07) is 0.245. The van der Waals surface area contributed by atoms with Crippen LogP contribution in [0.5, 0.6) is 0 Å². The van der Waals surface area contributed by atoms with Gasteiger partial charge in [0.2, 0.25) is 0 Å². The molecule has 2 N–H and O–H groups in total. The molecule has 21 heavy (non-hydrogen) atoms. The average Bonchev–Trinajstić information content (AvgIpc) is 2.48. The van der Waals surface area contributed by atoms with Gasteiger partial charge in [-0.05, 0) is 33.4 Å². The summed E-state index contributed by atoms with van der Waals surface area (Å²) in [5.41, 5.74) is 6.33. The molecule has 1 aromatic rings. The predicted octanol–water partition coefficient (Wildman–Crippen LogP) is 0.776. The lowest BCUT2D eigenvalue weighted by atomic mass is 10.0. The monoisotopic (exact) mass is 313 g/mol. The lowest BCUT2D eigenvalue weighted by molar-refractivity contribution is 0.367. The maximum absolute atomic E-state index is 12.3.